The average Bonchev–Trinajstić information content (AvgIpc) is 2.68. The Labute approximate surface area is 152 Å². The molecule has 0 saturated carbocycles. The normalized spacial score (nSPS) is 10.2. The second-order valence-corrected chi connectivity index (χ2v) is 5.93. The van der Waals surface area contributed by atoms with Gasteiger partial charge in [0.05, 0.1) is 12.1 Å². The first-order valence-electron chi connectivity index (χ1n) is 8.34. The van der Waals surface area contributed by atoms with Crippen LogP contribution in [-0.4, -0.2) is 11.9 Å². The minimum atomic E-state index is -0.499. The minimum absolute atomic E-state index is 0.0886. The highest BCUT2D eigenvalue weighted by atomic mass is 16.7. The van der Waals surface area contributed by atoms with Crippen LogP contribution in [0, 0.1) is 6.92 Å². The maximum absolute atomic E-state index is 12.9. The summed E-state index contributed by atoms with van der Waals surface area (Å²) in [6.07, 6.45) is 0.0886. The second kappa shape index (κ2) is 8.12. The van der Waals surface area contributed by atoms with Crippen molar-refractivity contribution in [3.63, 3.8) is 0 Å². The van der Waals surface area contributed by atoms with E-state index in [9.17, 15) is 9.59 Å². The number of hydroxylamine groups is 1. The lowest BCUT2D eigenvalue weighted by molar-refractivity contribution is -0.143. The number of carbonyl (C=O) groups is 2. The van der Waals surface area contributed by atoms with Gasteiger partial charge < -0.3 is 4.84 Å². The maximum atomic E-state index is 12.9. The summed E-state index contributed by atoms with van der Waals surface area (Å²) in [5.41, 5.74) is 2.83. The molecule has 0 saturated heterocycles. The molecular formula is C22H19NO3. The van der Waals surface area contributed by atoms with E-state index >= 15 is 0 Å². The van der Waals surface area contributed by atoms with Crippen LogP contribution in [0.15, 0.2) is 84.9 Å². The lowest BCUT2D eigenvalue weighted by Crippen LogP contribution is -2.34. The summed E-state index contributed by atoms with van der Waals surface area (Å²) in [4.78, 5) is 30.7. The minimum Gasteiger partial charge on any atom is -0.333 e. The molecule has 4 heteroatoms. The first-order chi connectivity index (χ1) is 12.6. The molecule has 0 spiro atoms. The topological polar surface area (TPSA) is 46.6 Å². The Balaban J connectivity index is 1.84. The fraction of sp³-hybridized carbons (Fsp3) is 0.0909. The molecule has 0 atom stereocenters. The first-order valence-corrected chi connectivity index (χ1v) is 8.34. The van der Waals surface area contributed by atoms with E-state index in [0.29, 0.717) is 11.3 Å². The van der Waals surface area contributed by atoms with Crippen molar-refractivity contribution in [2.45, 2.75) is 13.3 Å². The molecule has 0 aliphatic heterocycles. The highest BCUT2D eigenvalue weighted by Crippen LogP contribution is 2.19. The van der Waals surface area contributed by atoms with Crippen molar-refractivity contribution in [1.82, 2.24) is 0 Å². The Morgan fingerprint density at radius 2 is 1.38 bits per heavy atom. The van der Waals surface area contributed by atoms with Crippen molar-refractivity contribution < 1.29 is 14.4 Å². The molecule has 0 bridgehead atoms. The summed E-state index contributed by atoms with van der Waals surface area (Å²) in [7, 11) is 0. The molecule has 0 heterocycles. The Morgan fingerprint density at radius 1 is 0.808 bits per heavy atom. The largest absolute Gasteiger partial charge is 0.337 e. The SMILES string of the molecule is Cc1ccc(N(OC(=O)Cc2ccccc2)C(=O)c2ccccc2)cc1. The highest BCUT2D eigenvalue weighted by Gasteiger charge is 2.22. The fourth-order valence-corrected chi connectivity index (χ4v) is 2.49. The molecule has 26 heavy (non-hydrogen) atoms. The molecular weight excluding hydrogens is 326 g/mol. The molecule has 4 nitrogen and oxygen atoms in total. The second-order valence-electron chi connectivity index (χ2n) is 5.93. The van der Waals surface area contributed by atoms with E-state index in [1.165, 1.54) is 0 Å². The monoisotopic (exact) mass is 345 g/mol. The van der Waals surface area contributed by atoms with Crippen molar-refractivity contribution in [2.24, 2.45) is 0 Å². The number of carbonyl (C=O) groups excluding carboxylic acids is 2. The zero-order chi connectivity index (χ0) is 18.4. The number of amides is 1. The van der Waals surface area contributed by atoms with Crippen LogP contribution in [0.2, 0.25) is 0 Å². The van der Waals surface area contributed by atoms with Crippen LogP contribution in [0.1, 0.15) is 21.5 Å². The van der Waals surface area contributed by atoms with Gasteiger partial charge in [0.25, 0.3) is 5.91 Å². The third-order valence-electron chi connectivity index (χ3n) is 3.86. The van der Waals surface area contributed by atoms with E-state index in [0.717, 1.165) is 16.2 Å². The van der Waals surface area contributed by atoms with Crippen LogP contribution in [-0.2, 0) is 16.1 Å². The summed E-state index contributed by atoms with van der Waals surface area (Å²) in [5.74, 6) is -0.892. The van der Waals surface area contributed by atoms with E-state index in [-0.39, 0.29) is 6.42 Å². The number of benzene rings is 3. The molecule has 3 aromatic rings. The average molecular weight is 345 g/mol. The van der Waals surface area contributed by atoms with Crippen LogP contribution in [0.5, 0.6) is 0 Å². The van der Waals surface area contributed by atoms with E-state index in [1.807, 2.05) is 55.5 Å². The highest BCUT2D eigenvalue weighted by molar-refractivity contribution is 6.05. The lowest BCUT2D eigenvalue weighted by atomic mass is 10.1. The third kappa shape index (κ3) is 4.36. The van der Waals surface area contributed by atoms with Crippen molar-refractivity contribution in [2.75, 3.05) is 5.06 Å². The Bertz CT molecular complexity index is 874. The van der Waals surface area contributed by atoms with E-state index in [1.54, 1.807) is 36.4 Å². The number of hydrogen-bond acceptors (Lipinski definition) is 3. The Hall–Kier alpha value is -3.40. The molecule has 0 fully saturated rings. The molecule has 3 rings (SSSR count). The predicted molar refractivity (Wildman–Crippen MR) is 101 cm³/mol. The summed E-state index contributed by atoms with van der Waals surface area (Å²) in [5, 5.41) is 1.06. The Morgan fingerprint density at radius 3 is 2.00 bits per heavy atom. The fourth-order valence-electron chi connectivity index (χ4n) is 2.49. The number of anilines is 1. The molecule has 0 aliphatic rings. The smallest absolute Gasteiger partial charge is 0.333 e. The van der Waals surface area contributed by atoms with Crippen LogP contribution in [0.4, 0.5) is 5.69 Å². The van der Waals surface area contributed by atoms with Gasteiger partial charge in [-0.2, -0.15) is 0 Å². The van der Waals surface area contributed by atoms with Crippen molar-refractivity contribution in [1.29, 1.82) is 0 Å². The first kappa shape index (κ1) is 17.4. The van der Waals surface area contributed by atoms with Crippen LogP contribution < -0.4 is 5.06 Å². The van der Waals surface area contributed by atoms with Gasteiger partial charge in [0, 0.05) is 5.56 Å². The summed E-state index contributed by atoms with van der Waals surface area (Å²) < 4.78 is 0. The van der Waals surface area contributed by atoms with Gasteiger partial charge in [0.1, 0.15) is 0 Å². The molecule has 0 aliphatic carbocycles. The van der Waals surface area contributed by atoms with Gasteiger partial charge in [0.2, 0.25) is 0 Å². The van der Waals surface area contributed by atoms with Crippen molar-refractivity contribution in [3.8, 4) is 0 Å². The van der Waals surface area contributed by atoms with Crippen LogP contribution in [0.3, 0.4) is 0 Å². The van der Waals surface area contributed by atoms with Crippen molar-refractivity contribution in [3.05, 3.63) is 102 Å². The van der Waals surface area contributed by atoms with Gasteiger partial charge in [-0.05, 0) is 36.8 Å². The standard InChI is InChI=1S/C22H19NO3/c1-17-12-14-20(15-13-17)23(22(25)19-10-6-3-7-11-19)26-21(24)16-18-8-4-2-5-9-18/h2-15H,16H2,1H3. The number of hydrogen-bond donors (Lipinski definition) is 0. The van der Waals surface area contributed by atoms with E-state index < -0.39 is 11.9 Å². The number of nitrogens with zero attached hydrogens (tertiary/aromatic N) is 1. The molecule has 0 N–H and O–H groups in total. The summed E-state index contributed by atoms with van der Waals surface area (Å²) in [6.45, 7) is 1.95. The molecule has 0 aromatic heterocycles. The summed E-state index contributed by atoms with van der Waals surface area (Å²) >= 11 is 0. The van der Waals surface area contributed by atoms with Crippen LogP contribution >= 0.6 is 0 Å². The van der Waals surface area contributed by atoms with E-state index in [4.69, 9.17) is 4.84 Å². The number of rotatable bonds is 4. The predicted octanol–water partition coefficient (Wildman–Crippen LogP) is 4.34. The van der Waals surface area contributed by atoms with Gasteiger partial charge in [0.15, 0.2) is 0 Å². The third-order valence-corrected chi connectivity index (χ3v) is 3.86. The maximum Gasteiger partial charge on any atom is 0.337 e. The summed E-state index contributed by atoms with van der Waals surface area (Å²) in [6, 6.07) is 25.3. The van der Waals surface area contributed by atoms with Gasteiger partial charge in [-0.25, -0.2) is 4.79 Å². The zero-order valence-corrected chi connectivity index (χ0v) is 14.5. The van der Waals surface area contributed by atoms with Gasteiger partial charge in [-0.1, -0.05) is 66.2 Å². The Kier molecular flexibility index (Phi) is 5.44. The van der Waals surface area contributed by atoms with Gasteiger partial charge in [-0.3, -0.25) is 4.79 Å². The zero-order valence-electron chi connectivity index (χ0n) is 14.5. The van der Waals surface area contributed by atoms with Crippen LogP contribution in [0.25, 0.3) is 0 Å². The lowest BCUT2D eigenvalue weighted by Gasteiger charge is -2.21. The molecule has 130 valence electrons. The van der Waals surface area contributed by atoms with E-state index in [2.05, 4.69) is 0 Å². The molecule has 3 aromatic carbocycles. The molecule has 0 radical (unpaired) electrons. The molecule has 1 amide bonds. The molecule has 0 unspecified atom stereocenters. The number of aryl methyl sites for hydroxylation is 1. The van der Waals surface area contributed by atoms with Gasteiger partial charge >= 0.3 is 5.97 Å². The van der Waals surface area contributed by atoms with Crippen molar-refractivity contribution >= 4 is 17.6 Å². The quantitative estimate of drug-likeness (QED) is 0.661. The van der Waals surface area contributed by atoms with Gasteiger partial charge in [-0.15, -0.1) is 5.06 Å².